The van der Waals surface area contributed by atoms with Crippen molar-refractivity contribution < 1.29 is 14.3 Å². The van der Waals surface area contributed by atoms with E-state index in [4.69, 9.17) is 4.74 Å². The molecule has 2 rings (SSSR count). The van der Waals surface area contributed by atoms with Crippen LogP contribution in [0.15, 0.2) is 28.7 Å². The number of nitrogens with one attached hydrogen (secondary N) is 2. The lowest BCUT2D eigenvalue weighted by molar-refractivity contribution is -0.121. The molecule has 1 aromatic carbocycles. The van der Waals surface area contributed by atoms with Gasteiger partial charge in [0.15, 0.2) is 0 Å². The van der Waals surface area contributed by atoms with Crippen molar-refractivity contribution in [2.24, 2.45) is 0 Å². The third-order valence-electron chi connectivity index (χ3n) is 3.91. The molecule has 0 aliphatic carbocycles. The van der Waals surface area contributed by atoms with Crippen LogP contribution in [0.4, 0.5) is 10.5 Å². The number of likely N-dealkylation sites (tertiary alicyclic amines) is 1. The standard InChI is InChI=1S/C17H24BrN3O3/c1-2-24-17(23)21-11-8-15(9-12-21)20-16(22)7-10-19-14-5-3-13(18)4-6-14/h3-6,15,19H,2,7-12H2,1H3,(H,20,22). The summed E-state index contributed by atoms with van der Waals surface area (Å²) in [5.74, 6) is 0.0363. The molecule has 6 nitrogen and oxygen atoms in total. The zero-order valence-electron chi connectivity index (χ0n) is 13.9. The quantitative estimate of drug-likeness (QED) is 0.773. The van der Waals surface area contributed by atoms with Crippen molar-refractivity contribution in [3.05, 3.63) is 28.7 Å². The van der Waals surface area contributed by atoms with Gasteiger partial charge in [-0.25, -0.2) is 4.79 Å². The van der Waals surface area contributed by atoms with E-state index in [1.807, 2.05) is 24.3 Å². The van der Waals surface area contributed by atoms with Crippen LogP contribution in [0.25, 0.3) is 0 Å². The first-order chi connectivity index (χ1) is 11.6. The summed E-state index contributed by atoms with van der Waals surface area (Å²) in [5, 5.41) is 6.27. The van der Waals surface area contributed by atoms with Gasteiger partial charge in [-0.2, -0.15) is 0 Å². The lowest BCUT2D eigenvalue weighted by Crippen LogP contribution is -2.46. The number of hydrogen-bond donors (Lipinski definition) is 2. The van der Waals surface area contributed by atoms with E-state index in [0.29, 0.717) is 32.7 Å². The van der Waals surface area contributed by atoms with Crippen LogP contribution in [-0.2, 0) is 9.53 Å². The monoisotopic (exact) mass is 397 g/mol. The summed E-state index contributed by atoms with van der Waals surface area (Å²) < 4.78 is 6.02. The van der Waals surface area contributed by atoms with Crippen LogP contribution in [0.3, 0.4) is 0 Å². The lowest BCUT2D eigenvalue weighted by atomic mass is 10.1. The van der Waals surface area contributed by atoms with Crippen molar-refractivity contribution in [1.82, 2.24) is 10.2 Å². The molecule has 24 heavy (non-hydrogen) atoms. The molecule has 0 aromatic heterocycles. The molecule has 1 fully saturated rings. The van der Waals surface area contributed by atoms with E-state index in [1.54, 1.807) is 11.8 Å². The Morgan fingerprint density at radius 2 is 1.92 bits per heavy atom. The number of amides is 2. The second-order valence-corrected chi connectivity index (χ2v) is 6.63. The van der Waals surface area contributed by atoms with Gasteiger partial charge in [-0.15, -0.1) is 0 Å². The molecule has 0 spiro atoms. The normalized spacial score (nSPS) is 15.0. The fourth-order valence-corrected chi connectivity index (χ4v) is 2.87. The summed E-state index contributed by atoms with van der Waals surface area (Å²) in [6.07, 6.45) is 1.70. The maximum absolute atomic E-state index is 12.0. The average molecular weight is 398 g/mol. The van der Waals surface area contributed by atoms with E-state index in [0.717, 1.165) is 23.0 Å². The Hall–Kier alpha value is -1.76. The number of ether oxygens (including phenoxy) is 1. The summed E-state index contributed by atoms with van der Waals surface area (Å²) in [6.45, 7) is 4.03. The van der Waals surface area contributed by atoms with E-state index in [-0.39, 0.29) is 18.0 Å². The van der Waals surface area contributed by atoms with Gasteiger partial charge in [0.05, 0.1) is 6.61 Å². The van der Waals surface area contributed by atoms with Gasteiger partial charge in [-0.1, -0.05) is 15.9 Å². The van der Waals surface area contributed by atoms with Gasteiger partial charge < -0.3 is 20.3 Å². The second-order valence-electron chi connectivity index (χ2n) is 5.71. The molecule has 0 radical (unpaired) electrons. The van der Waals surface area contributed by atoms with E-state index < -0.39 is 0 Å². The first kappa shape index (κ1) is 18.6. The Labute approximate surface area is 151 Å². The van der Waals surface area contributed by atoms with Gasteiger partial charge in [0.2, 0.25) is 5.91 Å². The molecule has 7 heteroatoms. The molecule has 2 amide bonds. The number of carbonyl (C=O) groups is 2. The predicted molar refractivity (Wildman–Crippen MR) is 97.0 cm³/mol. The van der Waals surface area contributed by atoms with Crippen molar-refractivity contribution in [2.45, 2.75) is 32.2 Å². The molecule has 0 saturated carbocycles. The van der Waals surface area contributed by atoms with Crippen molar-refractivity contribution >= 4 is 33.6 Å². The highest BCUT2D eigenvalue weighted by molar-refractivity contribution is 9.10. The second kappa shape index (κ2) is 9.52. The van der Waals surface area contributed by atoms with Crippen LogP contribution in [0.5, 0.6) is 0 Å². The molecule has 1 heterocycles. The molecule has 132 valence electrons. The molecule has 2 N–H and O–H groups in total. The molecule has 1 aliphatic heterocycles. The summed E-state index contributed by atoms with van der Waals surface area (Å²) in [7, 11) is 0. The maximum Gasteiger partial charge on any atom is 0.409 e. The Morgan fingerprint density at radius 1 is 1.25 bits per heavy atom. The molecule has 0 atom stereocenters. The van der Waals surface area contributed by atoms with Crippen LogP contribution < -0.4 is 10.6 Å². The van der Waals surface area contributed by atoms with Crippen LogP contribution >= 0.6 is 15.9 Å². The van der Waals surface area contributed by atoms with Crippen molar-refractivity contribution in [2.75, 3.05) is 31.6 Å². The van der Waals surface area contributed by atoms with Gasteiger partial charge in [0, 0.05) is 42.3 Å². The van der Waals surface area contributed by atoms with Crippen LogP contribution in [-0.4, -0.2) is 49.2 Å². The number of benzene rings is 1. The summed E-state index contributed by atoms with van der Waals surface area (Å²) >= 11 is 3.39. The highest BCUT2D eigenvalue weighted by atomic mass is 79.9. The molecule has 1 aromatic rings. The topological polar surface area (TPSA) is 70.7 Å². The Bertz CT molecular complexity index is 543. The zero-order chi connectivity index (χ0) is 17.4. The van der Waals surface area contributed by atoms with Crippen molar-refractivity contribution in [1.29, 1.82) is 0 Å². The fourth-order valence-electron chi connectivity index (χ4n) is 2.61. The number of halogens is 1. The summed E-state index contributed by atoms with van der Waals surface area (Å²) in [5.41, 5.74) is 0.994. The SMILES string of the molecule is CCOC(=O)N1CCC(NC(=O)CCNc2ccc(Br)cc2)CC1. The fraction of sp³-hybridized carbons (Fsp3) is 0.529. The number of rotatable bonds is 6. The maximum atomic E-state index is 12.0. The van der Waals surface area contributed by atoms with E-state index in [9.17, 15) is 9.59 Å². The van der Waals surface area contributed by atoms with Gasteiger partial charge in [-0.3, -0.25) is 4.79 Å². The minimum absolute atomic E-state index is 0.0363. The highest BCUT2D eigenvalue weighted by Gasteiger charge is 2.24. The van der Waals surface area contributed by atoms with Crippen LogP contribution in [0.1, 0.15) is 26.2 Å². The van der Waals surface area contributed by atoms with Crippen molar-refractivity contribution in [3.63, 3.8) is 0 Å². The number of hydrogen-bond acceptors (Lipinski definition) is 4. The van der Waals surface area contributed by atoms with Crippen LogP contribution in [0, 0.1) is 0 Å². The number of piperidine rings is 1. The first-order valence-electron chi connectivity index (χ1n) is 8.29. The van der Waals surface area contributed by atoms with Gasteiger partial charge in [-0.05, 0) is 44.0 Å². The smallest absolute Gasteiger partial charge is 0.409 e. The number of anilines is 1. The summed E-state index contributed by atoms with van der Waals surface area (Å²) in [4.78, 5) is 25.3. The molecule has 0 bridgehead atoms. The Morgan fingerprint density at radius 3 is 2.54 bits per heavy atom. The van der Waals surface area contributed by atoms with Crippen LogP contribution in [0.2, 0.25) is 0 Å². The third-order valence-corrected chi connectivity index (χ3v) is 4.44. The van der Waals surface area contributed by atoms with E-state index in [2.05, 4.69) is 26.6 Å². The Balaban J connectivity index is 1.63. The first-order valence-corrected chi connectivity index (χ1v) is 9.08. The average Bonchev–Trinajstić information content (AvgIpc) is 2.57. The number of nitrogens with zero attached hydrogens (tertiary/aromatic N) is 1. The van der Waals surface area contributed by atoms with E-state index >= 15 is 0 Å². The lowest BCUT2D eigenvalue weighted by Gasteiger charge is -2.31. The molecular formula is C17H24BrN3O3. The van der Waals surface area contributed by atoms with Crippen molar-refractivity contribution in [3.8, 4) is 0 Å². The minimum Gasteiger partial charge on any atom is -0.450 e. The van der Waals surface area contributed by atoms with Gasteiger partial charge in [0.25, 0.3) is 0 Å². The van der Waals surface area contributed by atoms with Gasteiger partial charge in [0.1, 0.15) is 0 Å². The Kier molecular flexibility index (Phi) is 7.36. The summed E-state index contributed by atoms with van der Waals surface area (Å²) in [6, 6.07) is 7.98. The minimum atomic E-state index is -0.263. The highest BCUT2D eigenvalue weighted by Crippen LogP contribution is 2.14. The molecule has 1 saturated heterocycles. The molecule has 1 aliphatic rings. The molecular weight excluding hydrogens is 374 g/mol. The largest absolute Gasteiger partial charge is 0.450 e. The molecule has 0 unspecified atom stereocenters. The third kappa shape index (κ3) is 6.03. The zero-order valence-corrected chi connectivity index (χ0v) is 15.5. The van der Waals surface area contributed by atoms with Gasteiger partial charge >= 0.3 is 6.09 Å². The number of carbonyl (C=O) groups excluding carboxylic acids is 2. The van der Waals surface area contributed by atoms with E-state index in [1.165, 1.54) is 0 Å². The predicted octanol–water partition coefficient (Wildman–Crippen LogP) is 2.99.